The second-order valence-corrected chi connectivity index (χ2v) is 1.99. The van der Waals surface area contributed by atoms with Gasteiger partial charge < -0.3 is 18.2 Å². The van der Waals surface area contributed by atoms with Crippen LogP contribution in [0.2, 0.25) is 0 Å². The standard InChI is InChI=1S/C9H8.C2H6.V/c1-3-9-6-4-8(2)5-7-9;1-2;/h1,3-6H,2H3;1-2H3;/q-2;;+2. The molecule has 1 radical (unpaired) electrons. The van der Waals surface area contributed by atoms with Gasteiger partial charge in [-0.1, -0.05) is 20.8 Å². The van der Waals surface area contributed by atoms with Crippen molar-refractivity contribution in [3.05, 3.63) is 42.0 Å². The van der Waals surface area contributed by atoms with Gasteiger partial charge in [0.25, 0.3) is 0 Å². The first-order valence-corrected chi connectivity index (χ1v) is 3.86. The fourth-order valence-corrected chi connectivity index (χ4v) is 0.618. The van der Waals surface area contributed by atoms with Crippen LogP contribution >= 0.6 is 0 Å². The molecule has 0 amide bonds. The van der Waals surface area contributed by atoms with Crippen LogP contribution in [0, 0.1) is 19.6 Å². The molecule has 0 saturated carbocycles. The Kier molecular flexibility index (Phi) is 10.1. The van der Waals surface area contributed by atoms with E-state index in [9.17, 15) is 0 Å². The Labute approximate surface area is 87.6 Å². The molecule has 1 aromatic carbocycles. The van der Waals surface area contributed by atoms with Gasteiger partial charge in [-0.3, -0.25) is 0 Å². The van der Waals surface area contributed by atoms with Crippen LogP contribution in [0.4, 0.5) is 0 Å². The smallest absolute Gasteiger partial charge is 0.344 e. The topological polar surface area (TPSA) is 0 Å². The molecule has 0 aliphatic rings. The van der Waals surface area contributed by atoms with Crippen molar-refractivity contribution in [2.45, 2.75) is 20.8 Å². The molecule has 12 heavy (non-hydrogen) atoms. The van der Waals surface area contributed by atoms with E-state index in [2.05, 4.69) is 6.07 Å². The Bertz CT molecular complexity index is 199. The number of aryl methyl sites for hydroxylation is 1. The molecular weight excluding hydrogens is 183 g/mol. The maximum atomic E-state index is 5.24. The van der Waals surface area contributed by atoms with Crippen molar-refractivity contribution in [3.63, 3.8) is 0 Å². The van der Waals surface area contributed by atoms with Crippen molar-refractivity contribution in [1.82, 2.24) is 0 Å². The van der Waals surface area contributed by atoms with Crippen LogP contribution in [-0.4, -0.2) is 0 Å². The molecule has 0 bridgehead atoms. The van der Waals surface area contributed by atoms with Crippen molar-refractivity contribution in [1.29, 1.82) is 0 Å². The molecule has 0 aliphatic carbocycles. The van der Waals surface area contributed by atoms with Crippen LogP contribution in [0.15, 0.2) is 18.2 Å². The fraction of sp³-hybridized carbons (Fsp3) is 0.273. The van der Waals surface area contributed by atoms with Crippen LogP contribution in [-0.2, 0) is 18.6 Å². The summed E-state index contributed by atoms with van der Waals surface area (Å²) in [5.41, 5.74) is 2.15. The first-order valence-electron chi connectivity index (χ1n) is 3.86. The molecule has 1 aromatic rings. The minimum Gasteiger partial charge on any atom is -0.344 e. The summed E-state index contributed by atoms with van der Waals surface area (Å²) in [6, 6.07) is 8.87. The number of rotatable bonds is 1. The van der Waals surface area contributed by atoms with E-state index in [0.29, 0.717) is 0 Å². The van der Waals surface area contributed by atoms with E-state index in [0.717, 1.165) is 5.56 Å². The van der Waals surface area contributed by atoms with Crippen LogP contribution in [0.1, 0.15) is 25.0 Å². The molecule has 0 nitrogen and oxygen atoms in total. The summed E-state index contributed by atoms with van der Waals surface area (Å²) in [7, 11) is 0. The van der Waals surface area contributed by atoms with Crippen molar-refractivity contribution < 1.29 is 18.6 Å². The van der Waals surface area contributed by atoms with Gasteiger partial charge in [0.15, 0.2) is 0 Å². The van der Waals surface area contributed by atoms with Gasteiger partial charge in [0.05, 0.1) is 0 Å². The monoisotopic (exact) mass is 197 g/mol. The number of benzene rings is 1. The van der Waals surface area contributed by atoms with Gasteiger partial charge in [0.1, 0.15) is 0 Å². The van der Waals surface area contributed by atoms with Crippen molar-refractivity contribution in [2.24, 2.45) is 0 Å². The minimum absolute atomic E-state index is 0. The van der Waals surface area contributed by atoms with Gasteiger partial charge in [-0.05, 0) is 0 Å². The molecule has 0 spiro atoms. The van der Waals surface area contributed by atoms with Gasteiger partial charge >= 0.3 is 18.6 Å². The maximum absolute atomic E-state index is 5.24. The van der Waals surface area contributed by atoms with Crippen LogP contribution in [0.3, 0.4) is 0 Å². The first kappa shape index (κ1) is 14.1. The van der Waals surface area contributed by atoms with Crippen molar-refractivity contribution >= 4 is 6.08 Å². The molecule has 63 valence electrons. The summed E-state index contributed by atoms with van der Waals surface area (Å²) in [5, 5.41) is 0. The Balaban J connectivity index is 0. The molecule has 0 aromatic heterocycles. The zero-order valence-electron chi connectivity index (χ0n) is 7.83. The third kappa shape index (κ3) is 5.23. The molecule has 1 rings (SSSR count). The normalized spacial score (nSPS) is 7.25. The van der Waals surface area contributed by atoms with E-state index >= 15 is 0 Å². The second kappa shape index (κ2) is 8.64. The van der Waals surface area contributed by atoms with Crippen molar-refractivity contribution in [3.8, 4) is 0 Å². The zero-order chi connectivity index (χ0) is 8.69. The molecule has 0 saturated heterocycles. The maximum Gasteiger partial charge on any atom is 2.00 e. The summed E-state index contributed by atoms with van der Waals surface area (Å²) in [6.45, 7) is 11.3. The Morgan fingerprint density at radius 3 is 2.25 bits per heavy atom. The van der Waals surface area contributed by atoms with Crippen LogP contribution in [0.5, 0.6) is 0 Å². The summed E-state index contributed by atoms with van der Waals surface area (Å²) in [5.74, 6) is 0. The van der Waals surface area contributed by atoms with Gasteiger partial charge in [0.2, 0.25) is 0 Å². The zero-order valence-corrected chi connectivity index (χ0v) is 9.23. The Hall–Kier alpha value is -0.456. The van der Waals surface area contributed by atoms with Crippen LogP contribution < -0.4 is 0 Å². The largest absolute Gasteiger partial charge is 2.00 e. The van der Waals surface area contributed by atoms with Gasteiger partial charge in [-0.2, -0.15) is 12.1 Å². The van der Waals surface area contributed by atoms with Crippen LogP contribution in [0.25, 0.3) is 6.08 Å². The predicted molar refractivity (Wildman–Crippen MR) is 50.1 cm³/mol. The molecule has 0 N–H and O–H groups in total. The summed E-state index contributed by atoms with van der Waals surface area (Å²) < 4.78 is 0. The average Bonchev–Trinajstić information content (AvgIpc) is 2.10. The molecule has 0 fully saturated rings. The summed E-state index contributed by atoms with van der Waals surface area (Å²) >= 11 is 0. The third-order valence-electron chi connectivity index (χ3n) is 1.17. The number of hydrogen-bond donors (Lipinski definition) is 0. The van der Waals surface area contributed by atoms with Crippen molar-refractivity contribution in [2.75, 3.05) is 0 Å². The predicted octanol–water partition coefficient (Wildman–Crippen LogP) is 3.27. The van der Waals surface area contributed by atoms with Gasteiger partial charge in [-0.15, -0.1) is 5.56 Å². The minimum atomic E-state index is 0. The second-order valence-electron chi connectivity index (χ2n) is 1.99. The molecule has 1 heteroatoms. The summed E-state index contributed by atoms with van der Waals surface area (Å²) in [6.07, 6.45) is 1.54. The quantitative estimate of drug-likeness (QED) is 0.606. The van der Waals surface area contributed by atoms with E-state index in [-0.39, 0.29) is 18.6 Å². The molecule has 0 heterocycles. The summed E-state index contributed by atoms with van der Waals surface area (Å²) in [4.78, 5) is 0. The van der Waals surface area contributed by atoms with E-state index in [4.69, 9.17) is 6.58 Å². The third-order valence-corrected chi connectivity index (χ3v) is 1.17. The van der Waals surface area contributed by atoms with E-state index < -0.39 is 0 Å². The molecule has 0 unspecified atom stereocenters. The SMILES string of the molecule is CC.[CH-]=Cc1[c-]cc(C)cc1.[V+2]. The Morgan fingerprint density at radius 1 is 1.33 bits per heavy atom. The first-order chi connectivity index (χ1) is 5.33. The fourth-order valence-electron chi connectivity index (χ4n) is 0.618. The molecule has 0 atom stereocenters. The van der Waals surface area contributed by atoms with E-state index in [1.54, 1.807) is 6.08 Å². The van der Waals surface area contributed by atoms with E-state index in [1.807, 2.05) is 39.0 Å². The van der Waals surface area contributed by atoms with E-state index in [1.165, 1.54) is 5.56 Å². The van der Waals surface area contributed by atoms with Gasteiger partial charge in [-0.25, -0.2) is 12.1 Å². The Morgan fingerprint density at radius 2 is 1.92 bits per heavy atom. The number of hydrogen-bond acceptors (Lipinski definition) is 0. The average molecular weight is 197 g/mol. The molecular formula is C11H14V. The van der Waals surface area contributed by atoms with Gasteiger partial charge in [0, 0.05) is 0 Å². The molecule has 0 aliphatic heterocycles.